The van der Waals surface area contributed by atoms with Crippen LogP contribution in [0.4, 0.5) is 0 Å². The van der Waals surface area contributed by atoms with Gasteiger partial charge in [0.05, 0.1) is 39.9 Å². The van der Waals surface area contributed by atoms with E-state index >= 15 is 0 Å². The molecule has 1 amide bonds. The van der Waals surface area contributed by atoms with Gasteiger partial charge in [0, 0.05) is 6.42 Å². The molecule has 0 aromatic rings. The molecular weight excluding hydrogens is 719 g/mol. The maximum absolute atomic E-state index is 12.8. The van der Waals surface area contributed by atoms with E-state index in [2.05, 4.69) is 19.2 Å². The zero-order valence-corrected chi connectivity index (χ0v) is 38.7. The smallest absolute Gasteiger partial charge is 0.268 e. The number of phosphoric ester groups is 1. The predicted octanol–water partition coefficient (Wildman–Crippen LogP) is 12.9. The summed E-state index contributed by atoms with van der Waals surface area (Å²) in [4.78, 5) is 25.2. The molecule has 0 saturated heterocycles. The Balaban J connectivity index is 4.16. The second-order valence-electron chi connectivity index (χ2n) is 17.8. The first kappa shape index (κ1) is 55.2. The number of rotatable bonds is 44. The standard InChI is InChI=1S/C47H95N2O6P/c1-6-8-10-12-14-16-17-18-19-20-21-22-23-24-25-26-27-28-29-30-31-33-34-36-38-40-46(50)45(44-55-56(52,53)54-43-42-49(3,4)5)48-47(51)41-39-37-35-32-15-13-11-9-7-2/h38,40,45-46,50H,6-37,39,41-44H2,1-5H3,(H-,48,51,52,53)/b40-38+. The summed E-state index contributed by atoms with van der Waals surface area (Å²) in [5.41, 5.74) is 0. The van der Waals surface area contributed by atoms with E-state index in [1.807, 2.05) is 27.2 Å². The number of nitrogens with zero attached hydrogens (tertiary/aromatic N) is 1. The fourth-order valence-electron chi connectivity index (χ4n) is 7.15. The average molecular weight is 815 g/mol. The third-order valence-corrected chi connectivity index (χ3v) is 12.0. The number of allylic oxidation sites excluding steroid dienone is 1. The van der Waals surface area contributed by atoms with Crippen LogP contribution in [0.5, 0.6) is 0 Å². The molecule has 0 heterocycles. The van der Waals surface area contributed by atoms with Gasteiger partial charge >= 0.3 is 0 Å². The van der Waals surface area contributed by atoms with Gasteiger partial charge in [-0.05, 0) is 19.3 Å². The van der Waals surface area contributed by atoms with Crippen LogP contribution in [-0.4, -0.2) is 68.5 Å². The minimum absolute atomic E-state index is 0.00191. The van der Waals surface area contributed by atoms with E-state index in [9.17, 15) is 19.4 Å². The van der Waals surface area contributed by atoms with Crippen molar-refractivity contribution in [3.8, 4) is 0 Å². The lowest BCUT2D eigenvalue weighted by Crippen LogP contribution is -2.45. The molecule has 0 fully saturated rings. The van der Waals surface area contributed by atoms with E-state index in [0.717, 1.165) is 38.5 Å². The van der Waals surface area contributed by atoms with Crippen LogP contribution in [0.1, 0.15) is 232 Å². The molecule has 0 aliphatic carbocycles. The SMILES string of the molecule is CCCCCCCCCCCCCCCCCCCCCCCCC/C=C/C(O)C(COP(=O)([O-])OCC[N+](C)(C)C)NC(=O)CCCCCCCCCCC. The van der Waals surface area contributed by atoms with Crippen molar-refractivity contribution in [2.45, 2.75) is 244 Å². The number of amides is 1. The van der Waals surface area contributed by atoms with E-state index in [0.29, 0.717) is 17.4 Å². The number of likely N-dealkylation sites (N-methyl/N-ethyl adjacent to an activating group) is 1. The number of phosphoric acid groups is 1. The molecule has 0 bridgehead atoms. The second kappa shape index (κ2) is 39.7. The minimum atomic E-state index is -4.58. The Labute approximate surface area is 348 Å². The summed E-state index contributed by atoms with van der Waals surface area (Å²) in [5.74, 6) is -0.199. The number of hydrogen-bond donors (Lipinski definition) is 2. The summed E-state index contributed by atoms with van der Waals surface area (Å²) >= 11 is 0. The number of aliphatic hydroxyl groups excluding tert-OH is 1. The van der Waals surface area contributed by atoms with Crippen LogP contribution in [0.25, 0.3) is 0 Å². The first-order valence-electron chi connectivity index (χ1n) is 24.1. The van der Waals surface area contributed by atoms with Crippen molar-refractivity contribution >= 4 is 13.7 Å². The maximum Gasteiger partial charge on any atom is 0.268 e. The number of quaternary nitrogens is 1. The van der Waals surface area contributed by atoms with Crippen LogP contribution < -0.4 is 10.2 Å². The summed E-state index contributed by atoms with van der Waals surface area (Å²) in [6, 6.07) is -0.879. The van der Waals surface area contributed by atoms with Gasteiger partial charge < -0.3 is 28.8 Å². The Morgan fingerprint density at radius 2 is 0.964 bits per heavy atom. The Bertz CT molecular complexity index is 927. The number of nitrogens with one attached hydrogen (secondary N) is 1. The average Bonchev–Trinajstić information content (AvgIpc) is 3.15. The van der Waals surface area contributed by atoms with Gasteiger partial charge in [0.2, 0.25) is 5.91 Å². The van der Waals surface area contributed by atoms with Gasteiger partial charge in [-0.2, -0.15) is 0 Å². The highest BCUT2D eigenvalue weighted by atomic mass is 31.2. The van der Waals surface area contributed by atoms with E-state index in [-0.39, 0.29) is 19.1 Å². The highest BCUT2D eigenvalue weighted by molar-refractivity contribution is 7.45. The van der Waals surface area contributed by atoms with Crippen LogP contribution in [0.2, 0.25) is 0 Å². The molecule has 0 saturated carbocycles. The highest BCUT2D eigenvalue weighted by Gasteiger charge is 2.23. The van der Waals surface area contributed by atoms with E-state index in [1.165, 1.54) is 173 Å². The Kier molecular flexibility index (Phi) is 39.1. The van der Waals surface area contributed by atoms with E-state index in [4.69, 9.17) is 9.05 Å². The minimum Gasteiger partial charge on any atom is -0.756 e. The van der Waals surface area contributed by atoms with Gasteiger partial charge in [0.15, 0.2) is 0 Å². The lowest BCUT2D eigenvalue weighted by Gasteiger charge is -2.29. The third kappa shape index (κ3) is 41.4. The highest BCUT2D eigenvalue weighted by Crippen LogP contribution is 2.38. The van der Waals surface area contributed by atoms with Gasteiger partial charge in [0.25, 0.3) is 7.82 Å². The van der Waals surface area contributed by atoms with Crippen molar-refractivity contribution in [2.24, 2.45) is 0 Å². The normalized spacial score (nSPS) is 14.3. The number of hydrogen-bond acceptors (Lipinski definition) is 6. The first-order chi connectivity index (χ1) is 27.0. The number of carbonyl (C=O) groups excluding carboxylic acids is 1. The molecule has 9 heteroatoms. The van der Waals surface area contributed by atoms with Crippen molar-refractivity contribution in [3.05, 3.63) is 12.2 Å². The number of carbonyl (C=O) groups is 1. The summed E-state index contributed by atoms with van der Waals surface area (Å²) in [5, 5.41) is 13.8. The molecule has 3 unspecified atom stereocenters. The number of aliphatic hydroxyl groups is 1. The van der Waals surface area contributed by atoms with Crippen LogP contribution in [0.15, 0.2) is 12.2 Å². The molecule has 2 N–H and O–H groups in total. The van der Waals surface area contributed by atoms with Gasteiger partial charge in [-0.1, -0.05) is 219 Å². The molecule has 56 heavy (non-hydrogen) atoms. The van der Waals surface area contributed by atoms with E-state index in [1.54, 1.807) is 6.08 Å². The molecule has 334 valence electrons. The zero-order valence-electron chi connectivity index (χ0n) is 37.9. The van der Waals surface area contributed by atoms with Crippen LogP contribution in [0, 0.1) is 0 Å². The predicted molar refractivity (Wildman–Crippen MR) is 238 cm³/mol. The molecule has 0 aromatic heterocycles. The fourth-order valence-corrected chi connectivity index (χ4v) is 7.88. The molecule has 3 atom stereocenters. The summed E-state index contributed by atoms with van der Waals surface area (Å²) in [6.45, 7) is 4.64. The van der Waals surface area contributed by atoms with Crippen LogP contribution in [0.3, 0.4) is 0 Å². The molecule has 8 nitrogen and oxygen atoms in total. The summed E-state index contributed by atoms with van der Waals surface area (Å²) in [7, 11) is 1.27. The zero-order chi connectivity index (χ0) is 41.4. The monoisotopic (exact) mass is 815 g/mol. The lowest BCUT2D eigenvalue weighted by atomic mass is 10.0. The summed E-state index contributed by atoms with van der Waals surface area (Å²) < 4.78 is 23.2. The van der Waals surface area contributed by atoms with Crippen LogP contribution >= 0.6 is 7.82 Å². The quantitative estimate of drug-likeness (QED) is 0.0274. The topological polar surface area (TPSA) is 108 Å². The second-order valence-corrected chi connectivity index (χ2v) is 19.2. The van der Waals surface area contributed by atoms with Gasteiger partial charge in [0.1, 0.15) is 13.2 Å². The van der Waals surface area contributed by atoms with Crippen molar-refractivity contribution in [1.29, 1.82) is 0 Å². The van der Waals surface area contributed by atoms with Gasteiger partial charge in [-0.15, -0.1) is 0 Å². The molecular formula is C47H95N2O6P. The molecule has 0 rings (SSSR count). The molecule has 0 aliphatic rings. The Hall–Kier alpha value is -0.760. The Morgan fingerprint density at radius 1 is 0.607 bits per heavy atom. The van der Waals surface area contributed by atoms with Gasteiger partial charge in [-0.25, -0.2) is 0 Å². The molecule has 0 spiro atoms. The number of unbranched alkanes of at least 4 members (excludes halogenated alkanes) is 31. The first-order valence-corrected chi connectivity index (χ1v) is 25.5. The molecule has 0 radical (unpaired) electrons. The molecule has 0 aliphatic heterocycles. The van der Waals surface area contributed by atoms with Gasteiger partial charge in [-0.3, -0.25) is 9.36 Å². The Morgan fingerprint density at radius 3 is 1.34 bits per heavy atom. The van der Waals surface area contributed by atoms with Crippen molar-refractivity contribution in [3.63, 3.8) is 0 Å². The van der Waals surface area contributed by atoms with Crippen LogP contribution in [-0.2, 0) is 18.4 Å². The van der Waals surface area contributed by atoms with Crippen molar-refractivity contribution in [1.82, 2.24) is 5.32 Å². The van der Waals surface area contributed by atoms with Crippen molar-refractivity contribution in [2.75, 3.05) is 40.9 Å². The molecule has 0 aromatic carbocycles. The fraction of sp³-hybridized carbons (Fsp3) is 0.936. The van der Waals surface area contributed by atoms with E-state index < -0.39 is 20.0 Å². The third-order valence-electron chi connectivity index (χ3n) is 11.0. The summed E-state index contributed by atoms with van der Waals surface area (Å²) in [6.07, 6.45) is 45.7. The lowest BCUT2D eigenvalue weighted by molar-refractivity contribution is -0.870. The maximum atomic E-state index is 12.8. The largest absolute Gasteiger partial charge is 0.756 e. The van der Waals surface area contributed by atoms with Crippen molar-refractivity contribution < 1.29 is 32.9 Å².